The van der Waals surface area contributed by atoms with E-state index in [1.165, 1.54) is 7.11 Å². The number of carbonyl (C=O) groups is 2. The molecule has 5 heteroatoms. The van der Waals surface area contributed by atoms with E-state index in [0.717, 1.165) is 49.3 Å². The number of nitrogens with zero attached hydrogens (tertiary/aromatic N) is 1. The highest BCUT2D eigenvalue weighted by atomic mass is 16.5. The van der Waals surface area contributed by atoms with Gasteiger partial charge in [0.1, 0.15) is 0 Å². The number of hydrogen-bond donors (Lipinski definition) is 1. The minimum absolute atomic E-state index is 0.109. The summed E-state index contributed by atoms with van der Waals surface area (Å²) in [6.45, 7) is 3.16. The lowest BCUT2D eigenvalue weighted by Crippen LogP contribution is -2.51. The summed E-state index contributed by atoms with van der Waals surface area (Å²) in [5, 5.41) is 3.08. The standard InChI is InChI=1S/C22H24N2O3/c1-27-22(26)18-4-2-15(3-5-18)16-6-8-19(9-7-16)23-21(25)20-14-24-12-10-17(20)11-13-24/h2-9,17,20H,10-14H2,1H3,(H,23,25). The predicted molar refractivity (Wildman–Crippen MR) is 105 cm³/mol. The van der Waals surface area contributed by atoms with Crippen LogP contribution in [0.3, 0.4) is 0 Å². The summed E-state index contributed by atoms with van der Waals surface area (Å²) in [5.41, 5.74) is 3.40. The molecule has 2 bridgehead atoms. The number of methoxy groups -OCH3 is 1. The molecule has 0 spiro atoms. The maximum absolute atomic E-state index is 12.7. The molecule has 3 aliphatic heterocycles. The fraction of sp³-hybridized carbons (Fsp3) is 0.364. The molecule has 0 aliphatic carbocycles. The van der Waals surface area contributed by atoms with Crippen LogP contribution in [0, 0.1) is 11.8 Å². The summed E-state index contributed by atoms with van der Waals surface area (Å²) in [4.78, 5) is 26.6. The summed E-state index contributed by atoms with van der Waals surface area (Å²) in [7, 11) is 1.37. The van der Waals surface area contributed by atoms with Gasteiger partial charge in [-0.2, -0.15) is 0 Å². The van der Waals surface area contributed by atoms with Gasteiger partial charge in [-0.25, -0.2) is 4.79 Å². The Balaban J connectivity index is 1.41. The summed E-state index contributed by atoms with van der Waals surface area (Å²) < 4.78 is 4.72. The fourth-order valence-electron chi connectivity index (χ4n) is 4.16. The Bertz CT molecular complexity index is 822. The first-order chi connectivity index (χ1) is 13.1. The number of amides is 1. The van der Waals surface area contributed by atoms with Crippen molar-refractivity contribution in [3.8, 4) is 11.1 Å². The topological polar surface area (TPSA) is 58.6 Å². The molecule has 3 fully saturated rings. The predicted octanol–water partition coefficient (Wildman–Crippen LogP) is 3.42. The number of rotatable bonds is 4. The molecular weight excluding hydrogens is 340 g/mol. The molecule has 0 radical (unpaired) electrons. The molecule has 0 aromatic heterocycles. The van der Waals surface area contributed by atoms with Crippen LogP contribution < -0.4 is 5.32 Å². The third-order valence-electron chi connectivity index (χ3n) is 5.78. The van der Waals surface area contributed by atoms with Crippen LogP contribution in [0.15, 0.2) is 48.5 Å². The molecule has 5 rings (SSSR count). The first-order valence-electron chi connectivity index (χ1n) is 9.46. The minimum atomic E-state index is -0.340. The molecule has 2 aromatic carbocycles. The third kappa shape index (κ3) is 3.74. The summed E-state index contributed by atoms with van der Waals surface area (Å²) in [6.07, 6.45) is 2.27. The van der Waals surface area contributed by atoms with Gasteiger partial charge < -0.3 is 15.0 Å². The second kappa shape index (κ2) is 7.53. The number of nitrogens with one attached hydrogen (secondary N) is 1. The Kier molecular flexibility index (Phi) is 4.94. The average Bonchev–Trinajstić information content (AvgIpc) is 2.74. The Morgan fingerprint density at radius 2 is 1.56 bits per heavy atom. The molecule has 3 saturated heterocycles. The van der Waals surface area contributed by atoms with Crippen LogP contribution in [-0.2, 0) is 9.53 Å². The molecule has 27 heavy (non-hydrogen) atoms. The van der Waals surface area contributed by atoms with Crippen LogP contribution in [0.1, 0.15) is 23.2 Å². The van der Waals surface area contributed by atoms with Crippen LogP contribution in [0.4, 0.5) is 5.69 Å². The summed E-state index contributed by atoms with van der Waals surface area (Å²) in [5.74, 6) is 0.438. The van der Waals surface area contributed by atoms with E-state index in [4.69, 9.17) is 4.74 Å². The molecular formula is C22H24N2O3. The van der Waals surface area contributed by atoms with E-state index in [1.807, 2.05) is 36.4 Å². The van der Waals surface area contributed by atoms with Crippen molar-refractivity contribution in [2.45, 2.75) is 12.8 Å². The van der Waals surface area contributed by atoms with Gasteiger partial charge >= 0.3 is 5.97 Å². The number of anilines is 1. The number of benzene rings is 2. The lowest BCUT2D eigenvalue weighted by Gasteiger charge is -2.43. The Labute approximate surface area is 159 Å². The van der Waals surface area contributed by atoms with Crippen molar-refractivity contribution in [2.75, 3.05) is 32.1 Å². The highest BCUT2D eigenvalue weighted by Crippen LogP contribution is 2.33. The SMILES string of the molecule is COC(=O)c1ccc(-c2ccc(NC(=O)C3CN4CCC3CC4)cc2)cc1. The molecule has 1 N–H and O–H groups in total. The van der Waals surface area contributed by atoms with E-state index >= 15 is 0 Å². The maximum Gasteiger partial charge on any atom is 0.337 e. The molecule has 5 nitrogen and oxygen atoms in total. The monoisotopic (exact) mass is 364 g/mol. The van der Waals surface area contributed by atoms with Gasteiger partial charge in [0.15, 0.2) is 0 Å². The second-order valence-electron chi connectivity index (χ2n) is 7.38. The molecule has 1 amide bonds. The first-order valence-corrected chi connectivity index (χ1v) is 9.46. The van der Waals surface area contributed by atoms with Crippen LogP contribution in [0.5, 0.6) is 0 Å². The van der Waals surface area contributed by atoms with Gasteiger partial charge in [0.25, 0.3) is 0 Å². The lowest BCUT2D eigenvalue weighted by molar-refractivity contribution is -0.125. The molecule has 1 atom stereocenters. The maximum atomic E-state index is 12.7. The zero-order valence-electron chi connectivity index (χ0n) is 15.5. The zero-order chi connectivity index (χ0) is 18.8. The van der Waals surface area contributed by atoms with Crippen LogP contribution in [-0.4, -0.2) is 43.5 Å². The molecule has 3 heterocycles. The van der Waals surface area contributed by atoms with Crippen molar-refractivity contribution in [3.05, 3.63) is 54.1 Å². The van der Waals surface area contributed by atoms with Crippen LogP contribution in [0.2, 0.25) is 0 Å². The summed E-state index contributed by atoms with van der Waals surface area (Å²) in [6, 6.07) is 15.1. The van der Waals surface area contributed by atoms with Gasteiger partial charge in [-0.3, -0.25) is 4.79 Å². The van der Waals surface area contributed by atoms with Gasteiger partial charge in [-0.1, -0.05) is 24.3 Å². The van der Waals surface area contributed by atoms with Gasteiger partial charge in [0, 0.05) is 12.2 Å². The van der Waals surface area contributed by atoms with E-state index in [9.17, 15) is 9.59 Å². The number of hydrogen-bond acceptors (Lipinski definition) is 4. The number of carbonyl (C=O) groups excluding carboxylic acids is 2. The van der Waals surface area contributed by atoms with Gasteiger partial charge in [-0.15, -0.1) is 0 Å². The first kappa shape index (κ1) is 17.7. The van der Waals surface area contributed by atoms with E-state index in [2.05, 4.69) is 10.2 Å². The largest absolute Gasteiger partial charge is 0.465 e. The minimum Gasteiger partial charge on any atom is -0.465 e. The number of ether oxygens (including phenoxy) is 1. The van der Waals surface area contributed by atoms with E-state index in [0.29, 0.717) is 11.5 Å². The molecule has 1 unspecified atom stereocenters. The Morgan fingerprint density at radius 1 is 0.963 bits per heavy atom. The number of fused-ring (bicyclic) bond motifs is 3. The highest BCUT2D eigenvalue weighted by Gasteiger charge is 2.38. The molecule has 3 aliphatic rings. The Hall–Kier alpha value is -2.66. The fourth-order valence-corrected chi connectivity index (χ4v) is 4.16. The highest BCUT2D eigenvalue weighted by molar-refractivity contribution is 5.93. The average molecular weight is 364 g/mol. The van der Waals surface area contributed by atoms with Crippen molar-refractivity contribution in [1.29, 1.82) is 0 Å². The molecule has 0 saturated carbocycles. The summed E-state index contributed by atoms with van der Waals surface area (Å²) >= 11 is 0. The van der Waals surface area contributed by atoms with Gasteiger partial charge in [-0.05, 0) is 67.2 Å². The Morgan fingerprint density at radius 3 is 2.07 bits per heavy atom. The van der Waals surface area contributed by atoms with Crippen molar-refractivity contribution in [2.24, 2.45) is 11.8 Å². The van der Waals surface area contributed by atoms with Crippen LogP contribution in [0.25, 0.3) is 11.1 Å². The smallest absolute Gasteiger partial charge is 0.337 e. The second-order valence-corrected chi connectivity index (χ2v) is 7.38. The quantitative estimate of drug-likeness (QED) is 0.845. The third-order valence-corrected chi connectivity index (χ3v) is 5.78. The van der Waals surface area contributed by atoms with Crippen molar-refractivity contribution < 1.29 is 14.3 Å². The number of piperidine rings is 3. The molecule has 2 aromatic rings. The zero-order valence-corrected chi connectivity index (χ0v) is 15.5. The van der Waals surface area contributed by atoms with Crippen molar-refractivity contribution in [3.63, 3.8) is 0 Å². The molecule has 140 valence electrons. The number of esters is 1. The van der Waals surface area contributed by atoms with Crippen molar-refractivity contribution in [1.82, 2.24) is 4.90 Å². The van der Waals surface area contributed by atoms with E-state index in [-0.39, 0.29) is 17.8 Å². The van der Waals surface area contributed by atoms with Gasteiger partial charge in [0.05, 0.1) is 18.6 Å². The lowest BCUT2D eigenvalue weighted by atomic mass is 9.78. The normalized spacial score (nSPS) is 23.7. The van der Waals surface area contributed by atoms with Crippen molar-refractivity contribution >= 4 is 17.6 Å². The van der Waals surface area contributed by atoms with Gasteiger partial charge in [0.2, 0.25) is 5.91 Å². The van der Waals surface area contributed by atoms with E-state index in [1.54, 1.807) is 12.1 Å². The van der Waals surface area contributed by atoms with E-state index < -0.39 is 0 Å². The van der Waals surface area contributed by atoms with Crippen LogP contribution >= 0.6 is 0 Å².